The molecule has 0 saturated carbocycles. The van der Waals surface area contributed by atoms with E-state index in [1.807, 2.05) is 71.3 Å². The summed E-state index contributed by atoms with van der Waals surface area (Å²) in [5.74, 6) is -0.592. The van der Waals surface area contributed by atoms with Crippen LogP contribution in [0.25, 0.3) is 34.3 Å². The summed E-state index contributed by atoms with van der Waals surface area (Å²) >= 11 is 1.41. The van der Waals surface area contributed by atoms with E-state index >= 15 is 0 Å². The average Bonchev–Trinajstić information content (AvgIpc) is 3.62. The molecule has 1 amide bonds. The summed E-state index contributed by atoms with van der Waals surface area (Å²) in [4.78, 5) is 25.6. The largest absolute Gasteiger partial charge is 0.312 e. The first-order chi connectivity index (χ1) is 21.5. The number of fused-ring (bicyclic) bond motifs is 1. The van der Waals surface area contributed by atoms with Gasteiger partial charge >= 0.3 is 0 Å². The fourth-order valence-electron chi connectivity index (χ4n) is 5.59. The van der Waals surface area contributed by atoms with Crippen molar-refractivity contribution in [3.63, 3.8) is 0 Å². The van der Waals surface area contributed by atoms with Crippen LogP contribution in [0.1, 0.15) is 34.4 Å². The van der Waals surface area contributed by atoms with Gasteiger partial charge in [0.2, 0.25) is 0 Å². The summed E-state index contributed by atoms with van der Waals surface area (Å²) in [6.45, 7) is 0. The molecular formula is C35H25N5O3S. The minimum atomic E-state index is -0.592. The zero-order chi connectivity index (χ0) is 30.6. The van der Waals surface area contributed by atoms with Crippen molar-refractivity contribution in [2.45, 2.75) is 25.7 Å². The second-order valence-electron chi connectivity index (χ2n) is 10.3. The van der Waals surface area contributed by atoms with Crippen molar-refractivity contribution in [1.82, 2.24) is 4.57 Å². The first-order valence-corrected chi connectivity index (χ1v) is 14.9. The highest BCUT2D eigenvalue weighted by Gasteiger charge is 2.24. The second-order valence-corrected chi connectivity index (χ2v) is 11.4. The first kappa shape index (κ1) is 28.4. The van der Waals surface area contributed by atoms with Gasteiger partial charge in [-0.05, 0) is 66.6 Å². The maximum atomic E-state index is 13.5. The van der Waals surface area contributed by atoms with E-state index in [1.54, 1.807) is 18.2 Å². The molecule has 5 aromatic rings. The van der Waals surface area contributed by atoms with Crippen molar-refractivity contribution in [1.29, 1.82) is 10.5 Å². The van der Waals surface area contributed by atoms with Crippen LogP contribution >= 0.6 is 11.3 Å². The molecule has 6 rings (SSSR count). The molecule has 0 radical (unpaired) electrons. The highest BCUT2D eigenvalue weighted by atomic mass is 32.1. The summed E-state index contributed by atoms with van der Waals surface area (Å²) in [7, 11) is 0. The van der Waals surface area contributed by atoms with Gasteiger partial charge in [0, 0.05) is 28.3 Å². The Kier molecular flexibility index (Phi) is 7.88. The van der Waals surface area contributed by atoms with Crippen LogP contribution in [0.3, 0.4) is 0 Å². The number of anilines is 1. The molecule has 0 aliphatic heterocycles. The molecule has 214 valence electrons. The topological polar surface area (TPSA) is 125 Å². The van der Waals surface area contributed by atoms with Crippen molar-refractivity contribution in [3.05, 3.63) is 128 Å². The zero-order valence-electron chi connectivity index (χ0n) is 23.5. The summed E-state index contributed by atoms with van der Waals surface area (Å²) < 4.78 is 1.98. The summed E-state index contributed by atoms with van der Waals surface area (Å²) in [5, 5.41) is 34.7. The first-order valence-electron chi connectivity index (χ1n) is 14.1. The average molecular weight is 596 g/mol. The molecule has 0 fully saturated rings. The number of thiophene rings is 1. The number of amides is 1. The molecule has 1 aliphatic rings. The van der Waals surface area contributed by atoms with Crippen LogP contribution < -0.4 is 5.32 Å². The SMILES string of the molecule is N#CC(=Cc1cc(-c2ccccc2)n(-c2ccc([N+](=O)[O-])cc2)c1-c1ccccc1)C(=O)Nc1sc2c(c1C#N)CCCC2. The molecule has 2 heterocycles. The van der Waals surface area contributed by atoms with E-state index in [9.17, 15) is 25.4 Å². The Morgan fingerprint density at radius 2 is 1.59 bits per heavy atom. The lowest BCUT2D eigenvalue weighted by Crippen LogP contribution is -2.13. The lowest BCUT2D eigenvalue weighted by Gasteiger charge is -2.15. The molecule has 44 heavy (non-hydrogen) atoms. The van der Waals surface area contributed by atoms with Gasteiger partial charge in [-0.1, -0.05) is 60.7 Å². The Morgan fingerprint density at radius 1 is 0.932 bits per heavy atom. The fourth-order valence-corrected chi connectivity index (χ4v) is 6.83. The number of benzene rings is 3. The Hall–Kier alpha value is -5.77. The van der Waals surface area contributed by atoms with E-state index in [1.165, 1.54) is 23.5 Å². The van der Waals surface area contributed by atoms with E-state index in [0.717, 1.165) is 52.9 Å². The van der Waals surface area contributed by atoms with Crippen molar-refractivity contribution in [2.75, 3.05) is 5.32 Å². The molecule has 3 aromatic carbocycles. The fraction of sp³-hybridized carbons (Fsp3) is 0.114. The molecule has 0 atom stereocenters. The predicted molar refractivity (Wildman–Crippen MR) is 171 cm³/mol. The number of non-ortho nitro benzene ring substituents is 1. The third kappa shape index (κ3) is 5.40. The van der Waals surface area contributed by atoms with Crippen LogP contribution in [0.15, 0.2) is 96.6 Å². The van der Waals surface area contributed by atoms with Crippen molar-refractivity contribution in [3.8, 4) is 40.3 Å². The number of nitro benzene ring substituents is 1. The van der Waals surface area contributed by atoms with E-state index in [-0.39, 0.29) is 11.3 Å². The van der Waals surface area contributed by atoms with Gasteiger partial charge in [0.15, 0.2) is 0 Å². The van der Waals surface area contributed by atoms with Gasteiger partial charge in [0.05, 0.1) is 21.9 Å². The van der Waals surface area contributed by atoms with Gasteiger partial charge in [-0.15, -0.1) is 11.3 Å². The Bertz CT molecular complexity index is 1990. The Morgan fingerprint density at radius 3 is 2.23 bits per heavy atom. The number of nitro groups is 1. The van der Waals surface area contributed by atoms with Crippen LogP contribution in [0.4, 0.5) is 10.7 Å². The van der Waals surface area contributed by atoms with Crippen LogP contribution in [0.5, 0.6) is 0 Å². The molecule has 2 aromatic heterocycles. The molecule has 1 aliphatic carbocycles. The van der Waals surface area contributed by atoms with Gasteiger partial charge < -0.3 is 9.88 Å². The molecule has 0 spiro atoms. The van der Waals surface area contributed by atoms with Crippen molar-refractivity contribution >= 4 is 34.0 Å². The maximum absolute atomic E-state index is 13.5. The van der Waals surface area contributed by atoms with Crippen molar-refractivity contribution in [2.24, 2.45) is 0 Å². The summed E-state index contributed by atoms with van der Waals surface area (Å²) in [6, 6.07) is 31.7. The molecular weight excluding hydrogens is 570 g/mol. The number of nitrogens with zero attached hydrogens (tertiary/aromatic N) is 4. The number of carbonyl (C=O) groups excluding carboxylic acids is 1. The van der Waals surface area contributed by atoms with Gasteiger partial charge in [-0.3, -0.25) is 14.9 Å². The lowest BCUT2D eigenvalue weighted by atomic mass is 9.96. The number of hydrogen-bond acceptors (Lipinski definition) is 6. The van der Waals surface area contributed by atoms with E-state index in [2.05, 4.69) is 17.5 Å². The molecule has 0 bridgehead atoms. The number of nitriles is 2. The third-order valence-corrected chi connectivity index (χ3v) is 8.85. The monoisotopic (exact) mass is 595 g/mol. The predicted octanol–water partition coefficient (Wildman–Crippen LogP) is 8.08. The Balaban J connectivity index is 1.51. The van der Waals surface area contributed by atoms with Gasteiger partial charge in [-0.2, -0.15) is 10.5 Å². The standard InChI is InChI=1S/C35H25N5O3S/c36-21-26(34(41)38-35-30(22-37)29-13-7-8-14-32(29)44-35)19-25-20-31(23-9-3-1-4-10-23)39(33(25)24-11-5-2-6-12-24)27-15-17-28(18-16-27)40(42)43/h1-6,9-12,15-20H,7-8,13-14H2,(H,38,41). The van der Waals surface area contributed by atoms with Crippen LogP contribution in [0, 0.1) is 32.8 Å². The number of aryl methyl sites for hydroxylation is 1. The third-order valence-electron chi connectivity index (χ3n) is 7.64. The normalized spacial score (nSPS) is 12.5. The number of aromatic nitrogens is 1. The van der Waals surface area contributed by atoms with Gasteiger partial charge in [-0.25, -0.2) is 0 Å². The maximum Gasteiger partial charge on any atom is 0.269 e. The number of hydrogen-bond donors (Lipinski definition) is 1. The molecule has 0 saturated heterocycles. The molecule has 9 heteroatoms. The molecule has 0 unspecified atom stereocenters. The number of rotatable bonds is 7. The minimum Gasteiger partial charge on any atom is -0.312 e. The van der Waals surface area contributed by atoms with E-state index in [0.29, 0.717) is 27.5 Å². The molecule has 1 N–H and O–H groups in total. The van der Waals surface area contributed by atoms with E-state index in [4.69, 9.17) is 0 Å². The Labute approximate surface area is 257 Å². The highest BCUT2D eigenvalue weighted by Crippen LogP contribution is 2.39. The van der Waals surface area contributed by atoms with Crippen molar-refractivity contribution < 1.29 is 9.72 Å². The lowest BCUT2D eigenvalue weighted by molar-refractivity contribution is -0.384. The van der Waals surface area contributed by atoms with Crippen LogP contribution in [0.2, 0.25) is 0 Å². The van der Waals surface area contributed by atoms with Crippen LogP contribution in [-0.4, -0.2) is 15.4 Å². The number of nitrogens with one attached hydrogen (secondary N) is 1. The zero-order valence-corrected chi connectivity index (χ0v) is 24.3. The van der Waals surface area contributed by atoms with Crippen LogP contribution in [-0.2, 0) is 17.6 Å². The van der Waals surface area contributed by atoms with Gasteiger partial charge in [0.1, 0.15) is 22.7 Å². The number of carbonyl (C=O) groups is 1. The van der Waals surface area contributed by atoms with Gasteiger partial charge in [0.25, 0.3) is 11.6 Å². The summed E-state index contributed by atoms with van der Waals surface area (Å²) in [5.41, 5.74) is 5.84. The van der Waals surface area contributed by atoms with E-state index < -0.39 is 10.8 Å². The summed E-state index contributed by atoms with van der Waals surface area (Å²) in [6.07, 6.45) is 5.31. The minimum absolute atomic E-state index is 0.0287. The molecule has 8 nitrogen and oxygen atoms in total. The highest BCUT2D eigenvalue weighted by molar-refractivity contribution is 7.16. The smallest absolute Gasteiger partial charge is 0.269 e. The second kappa shape index (κ2) is 12.2. The quantitative estimate of drug-likeness (QED) is 0.0881.